The van der Waals surface area contributed by atoms with Crippen molar-refractivity contribution in [3.05, 3.63) is 77.5 Å². The van der Waals surface area contributed by atoms with Crippen molar-refractivity contribution in [2.24, 2.45) is 5.73 Å². The zero-order chi connectivity index (χ0) is 26.4. The summed E-state index contributed by atoms with van der Waals surface area (Å²) in [5, 5.41) is 6.87. The monoisotopic (exact) mass is 526 g/mol. The first kappa shape index (κ1) is 26.7. The molecule has 2 heterocycles. The average Bonchev–Trinajstić information content (AvgIpc) is 3.08. The van der Waals surface area contributed by atoms with Crippen LogP contribution in [0.5, 0.6) is 0 Å². The van der Waals surface area contributed by atoms with Crippen LogP contribution < -0.4 is 21.3 Å². The number of nitrogens with two attached hydrogens (primary N) is 1. The molecule has 1 fully saturated rings. The fraction of sp³-hybridized carbons (Fsp3) is 0.333. The van der Waals surface area contributed by atoms with Crippen LogP contribution in [0.1, 0.15) is 36.2 Å². The Kier molecular flexibility index (Phi) is 8.83. The third-order valence-electron chi connectivity index (χ3n) is 5.89. The van der Waals surface area contributed by atoms with Gasteiger partial charge >= 0.3 is 0 Å². The molecule has 2 aromatic carbocycles. The quantitative estimate of drug-likeness (QED) is 0.323. The fourth-order valence-electron chi connectivity index (χ4n) is 4.24. The third-order valence-corrected chi connectivity index (χ3v) is 6.98. The van der Waals surface area contributed by atoms with E-state index in [1.165, 1.54) is 24.0 Å². The van der Waals surface area contributed by atoms with Gasteiger partial charge in [0.2, 0.25) is 0 Å². The van der Waals surface area contributed by atoms with Gasteiger partial charge in [0.15, 0.2) is 0 Å². The topological polar surface area (TPSA) is 86.5 Å². The summed E-state index contributed by atoms with van der Waals surface area (Å²) in [6, 6.07) is 13.1. The first-order chi connectivity index (χ1) is 17.8. The number of nitrogens with one attached hydrogen (secondary N) is 2. The number of nitrogens with zero attached hydrogens (tertiary/aromatic N) is 3. The zero-order valence-corrected chi connectivity index (χ0v) is 21.8. The molecule has 10 heteroatoms. The highest BCUT2D eigenvalue weighted by Gasteiger charge is 2.17. The van der Waals surface area contributed by atoms with Crippen molar-refractivity contribution in [1.82, 2.24) is 9.29 Å². The van der Waals surface area contributed by atoms with E-state index >= 15 is 0 Å². The number of amides is 1. The Morgan fingerprint density at radius 2 is 1.78 bits per heavy atom. The number of anilines is 4. The summed E-state index contributed by atoms with van der Waals surface area (Å²) in [4.78, 5) is 18.6. The van der Waals surface area contributed by atoms with Crippen LogP contribution in [0.3, 0.4) is 0 Å². The molecule has 1 saturated heterocycles. The number of halogens is 2. The van der Waals surface area contributed by atoms with Crippen LogP contribution in [0, 0.1) is 11.6 Å². The number of hydrogen-bond donors (Lipinski definition) is 3. The van der Waals surface area contributed by atoms with E-state index in [4.69, 9.17) is 5.73 Å². The molecule has 7 nitrogen and oxygen atoms in total. The zero-order valence-electron chi connectivity index (χ0n) is 21.0. The second-order valence-corrected chi connectivity index (χ2v) is 10.9. The van der Waals surface area contributed by atoms with E-state index < -0.39 is 17.5 Å². The average molecular weight is 527 g/mol. The maximum atomic E-state index is 13.5. The molecule has 0 unspecified atom stereocenters. The predicted molar refractivity (Wildman–Crippen MR) is 147 cm³/mol. The van der Waals surface area contributed by atoms with Gasteiger partial charge in [-0.1, -0.05) is 25.8 Å². The molecule has 0 saturated carbocycles. The third kappa shape index (κ3) is 7.56. The van der Waals surface area contributed by atoms with Crippen molar-refractivity contribution in [2.45, 2.75) is 32.1 Å². The molecule has 0 atom stereocenters. The molecule has 196 valence electrons. The number of rotatable bonds is 9. The highest BCUT2D eigenvalue weighted by molar-refractivity contribution is 7.97. The van der Waals surface area contributed by atoms with E-state index in [1.807, 2.05) is 24.1 Å². The summed E-state index contributed by atoms with van der Waals surface area (Å²) in [5.74, 6) is -1.49. The van der Waals surface area contributed by atoms with Crippen molar-refractivity contribution in [3.8, 4) is 0 Å². The highest BCUT2D eigenvalue weighted by atomic mass is 32.2. The number of carbonyl (C=O) groups excluding carboxylic acids is 1. The van der Waals surface area contributed by atoms with Crippen LogP contribution in [0.15, 0.2) is 54.7 Å². The van der Waals surface area contributed by atoms with Crippen LogP contribution in [0.4, 0.5) is 31.7 Å². The Labute approximate surface area is 220 Å². The second kappa shape index (κ2) is 12.2. The normalized spacial score (nSPS) is 14.5. The molecule has 1 aliphatic heterocycles. The Bertz CT molecular complexity index is 1200. The smallest absolute Gasteiger partial charge is 0.252 e. The van der Waals surface area contributed by atoms with Gasteiger partial charge in [0.05, 0.1) is 11.3 Å². The van der Waals surface area contributed by atoms with Gasteiger partial charge in [-0.2, -0.15) is 0 Å². The van der Waals surface area contributed by atoms with Gasteiger partial charge in [0, 0.05) is 67.7 Å². The first-order valence-corrected chi connectivity index (χ1v) is 13.1. The summed E-state index contributed by atoms with van der Waals surface area (Å²) in [5.41, 5.74) is 8.51. The lowest BCUT2D eigenvalue weighted by molar-refractivity contribution is 0.100. The minimum atomic E-state index is -0.667. The van der Waals surface area contributed by atoms with Crippen LogP contribution in [0.25, 0.3) is 0 Å². The predicted octanol–water partition coefficient (Wildman–Crippen LogP) is 5.38. The SMILES string of the molecule is CC(C)SN1CCCN(c2ccc(Nc3cc(NCc4cc(F)cc(F)c4)c(C(N)=O)cn3)cc2)CC1. The molecule has 1 aliphatic rings. The lowest BCUT2D eigenvalue weighted by Gasteiger charge is -2.24. The lowest BCUT2D eigenvalue weighted by atomic mass is 10.1. The number of pyridine rings is 1. The minimum absolute atomic E-state index is 0.107. The van der Waals surface area contributed by atoms with Crippen LogP contribution in [-0.2, 0) is 6.54 Å². The molecule has 0 bridgehead atoms. The Balaban J connectivity index is 1.42. The summed E-state index contributed by atoms with van der Waals surface area (Å²) in [7, 11) is 0. The number of benzene rings is 2. The van der Waals surface area contributed by atoms with Gasteiger partial charge in [-0.3, -0.25) is 4.79 Å². The number of primary amides is 1. The van der Waals surface area contributed by atoms with Crippen molar-refractivity contribution in [1.29, 1.82) is 0 Å². The van der Waals surface area contributed by atoms with E-state index in [2.05, 4.69) is 50.8 Å². The number of carbonyl (C=O) groups is 1. The summed E-state index contributed by atoms with van der Waals surface area (Å²) in [6.07, 6.45) is 2.50. The van der Waals surface area contributed by atoms with Gasteiger partial charge in [-0.05, 0) is 48.4 Å². The second-order valence-electron chi connectivity index (χ2n) is 9.21. The Hall–Kier alpha value is -3.37. The molecular formula is C27H32F2N6OS. The number of hydrogen-bond acceptors (Lipinski definition) is 7. The molecule has 3 aromatic rings. The molecule has 1 aromatic heterocycles. The lowest BCUT2D eigenvalue weighted by Crippen LogP contribution is -2.28. The van der Waals surface area contributed by atoms with E-state index in [-0.39, 0.29) is 12.1 Å². The Morgan fingerprint density at radius 1 is 1.05 bits per heavy atom. The van der Waals surface area contributed by atoms with Crippen LogP contribution >= 0.6 is 11.9 Å². The van der Waals surface area contributed by atoms with Crippen molar-refractivity contribution in [3.63, 3.8) is 0 Å². The minimum Gasteiger partial charge on any atom is -0.380 e. The maximum absolute atomic E-state index is 13.5. The van der Waals surface area contributed by atoms with Crippen molar-refractivity contribution in [2.75, 3.05) is 41.7 Å². The number of aromatic nitrogens is 1. The summed E-state index contributed by atoms with van der Waals surface area (Å²) < 4.78 is 29.5. The van der Waals surface area contributed by atoms with E-state index in [0.29, 0.717) is 22.3 Å². The van der Waals surface area contributed by atoms with Crippen LogP contribution in [0.2, 0.25) is 0 Å². The Morgan fingerprint density at radius 3 is 2.46 bits per heavy atom. The molecule has 4 rings (SSSR count). The van der Waals surface area contributed by atoms with Crippen molar-refractivity contribution < 1.29 is 13.6 Å². The molecule has 37 heavy (non-hydrogen) atoms. The first-order valence-electron chi connectivity index (χ1n) is 12.3. The molecule has 1 amide bonds. The molecule has 4 N–H and O–H groups in total. The standard InChI is InChI=1S/C27H32F2N6OS/c1-18(2)37-35-9-3-8-34(10-11-35)23-6-4-22(5-7-23)33-26-15-25(24(17-32-26)27(30)36)31-16-19-12-20(28)14-21(29)13-19/h4-7,12-15,17-18H,3,8-11,16H2,1-2H3,(H2,30,36)(H2,31,32,33). The van der Waals surface area contributed by atoms with Gasteiger partial charge in [-0.25, -0.2) is 18.1 Å². The van der Waals surface area contributed by atoms with E-state index in [0.717, 1.165) is 44.4 Å². The van der Waals surface area contributed by atoms with E-state index in [1.54, 1.807) is 6.07 Å². The van der Waals surface area contributed by atoms with Crippen molar-refractivity contribution >= 4 is 40.7 Å². The molecule has 0 radical (unpaired) electrons. The fourth-order valence-corrected chi connectivity index (χ4v) is 5.25. The maximum Gasteiger partial charge on any atom is 0.252 e. The molecular weight excluding hydrogens is 494 g/mol. The van der Waals surface area contributed by atoms with Gasteiger partial charge in [-0.15, -0.1) is 0 Å². The summed E-state index contributed by atoms with van der Waals surface area (Å²) >= 11 is 1.92. The largest absolute Gasteiger partial charge is 0.380 e. The summed E-state index contributed by atoms with van der Waals surface area (Å²) in [6.45, 7) is 8.67. The molecule has 0 aliphatic carbocycles. The van der Waals surface area contributed by atoms with Gasteiger partial charge < -0.3 is 21.3 Å². The van der Waals surface area contributed by atoms with Gasteiger partial charge in [0.25, 0.3) is 5.91 Å². The highest BCUT2D eigenvalue weighted by Crippen LogP contribution is 2.26. The van der Waals surface area contributed by atoms with E-state index in [9.17, 15) is 13.6 Å². The van der Waals surface area contributed by atoms with Gasteiger partial charge in [0.1, 0.15) is 17.5 Å². The molecule has 0 spiro atoms. The van der Waals surface area contributed by atoms with Crippen LogP contribution in [-0.4, -0.2) is 46.6 Å².